The molecule has 1 aliphatic heterocycles. The van der Waals surface area contributed by atoms with E-state index in [4.69, 9.17) is 4.74 Å². The van der Waals surface area contributed by atoms with Gasteiger partial charge in [-0.2, -0.15) is 13.5 Å². The third kappa shape index (κ3) is 4.56. The normalized spacial score (nSPS) is 15.7. The summed E-state index contributed by atoms with van der Waals surface area (Å²) in [6.45, 7) is 0.828. The fourth-order valence-electron chi connectivity index (χ4n) is 3.41. The Labute approximate surface area is 178 Å². The Hall–Kier alpha value is -3.07. The molecule has 9 heteroatoms. The fraction of sp³-hybridized carbons (Fsp3) is 0.238. The first-order valence-electron chi connectivity index (χ1n) is 9.24. The van der Waals surface area contributed by atoms with Crippen LogP contribution in [-0.2, 0) is 16.1 Å². The number of hydrogen-bond donors (Lipinski definition) is 2. The van der Waals surface area contributed by atoms with Gasteiger partial charge in [0.1, 0.15) is 6.61 Å². The van der Waals surface area contributed by atoms with Crippen molar-refractivity contribution < 1.29 is 23.1 Å². The molecule has 0 saturated carbocycles. The number of rotatable bonds is 4. The minimum atomic E-state index is -0.985. The predicted octanol–water partition coefficient (Wildman–Crippen LogP) is 4.16. The number of aromatic nitrogens is 1. The van der Waals surface area contributed by atoms with Gasteiger partial charge in [0.05, 0.1) is 17.1 Å². The highest BCUT2D eigenvalue weighted by atomic mass is 32.1. The largest absolute Gasteiger partial charge is 0.445 e. The van der Waals surface area contributed by atoms with Crippen LogP contribution in [0.4, 0.5) is 19.3 Å². The molecule has 0 spiro atoms. The number of halogens is 2. The number of benzene rings is 2. The number of nitrogens with one attached hydrogen (secondary N) is 2. The Kier molecular flexibility index (Phi) is 6.61. The van der Waals surface area contributed by atoms with E-state index in [1.54, 1.807) is 0 Å². The van der Waals surface area contributed by atoms with E-state index in [2.05, 4.69) is 10.3 Å². The van der Waals surface area contributed by atoms with Crippen LogP contribution in [0.3, 0.4) is 0 Å². The molecule has 3 aromatic rings. The summed E-state index contributed by atoms with van der Waals surface area (Å²) in [6.07, 6.45) is 1.52. The molecule has 0 bridgehead atoms. The molecule has 2 heterocycles. The van der Waals surface area contributed by atoms with Crippen molar-refractivity contribution in [1.29, 1.82) is 0 Å². The van der Waals surface area contributed by atoms with Crippen LogP contribution >= 0.6 is 13.5 Å². The molecule has 2 amide bonds. The SMILES string of the molecule is O=C(Nc1c[nH]c2cc(F)c(F)cc12)[C@H]1CCN(C(=O)OCc2ccccc2)C1.S. The van der Waals surface area contributed by atoms with Gasteiger partial charge in [0.2, 0.25) is 5.91 Å². The monoisotopic (exact) mass is 433 g/mol. The molecule has 6 nitrogen and oxygen atoms in total. The van der Waals surface area contributed by atoms with Crippen molar-refractivity contribution in [3.8, 4) is 0 Å². The summed E-state index contributed by atoms with van der Waals surface area (Å²) in [5, 5.41) is 3.12. The van der Waals surface area contributed by atoms with Gasteiger partial charge in [-0.25, -0.2) is 13.6 Å². The van der Waals surface area contributed by atoms with Gasteiger partial charge in [0.15, 0.2) is 11.6 Å². The van der Waals surface area contributed by atoms with Crippen molar-refractivity contribution in [2.24, 2.45) is 5.92 Å². The average molecular weight is 433 g/mol. The molecule has 2 aromatic carbocycles. The van der Waals surface area contributed by atoms with E-state index in [1.165, 1.54) is 11.1 Å². The van der Waals surface area contributed by atoms with Gasteiger partial charge in [0, 0.05) is 30.7 Å². The highest BCUT2D eigenvalue weighted by Crippen LogP contribution is 2.27. The molecule has 30 heavy (non-hydrogen) atoms. The highest BCUT2D eigenvalue weighted by Gasteiger charge is 2.32. The summed E-state index contributed by atoms with van der Waals surface area (Å²) in [4.78, 5) is 29.1. The summed E-state index contributed by atoms with van der Waals surface area (Å²) in [5.41, 5.74) is 1.64. The van der Waals surface area contributed by atoms with Gasteiger partial charge in [-0.1, -0.05) is 30.3 Å². The number of ether oxygens (including phenoxy) is 1. The maximum absolute atomic E-state index is 13.5. The second kappa shape index (κ2) is 9.17. The lowest BCUT2D eigenvalue weighted by molar-refractivity contribution is -0.119. The third-order valence-corrected chi connectivity index (χ3v) is 5.00. The fourth-order valence-corrected chi connectivity index (χ4v) is 3.41. The number of likely N-dealkylation sites (tertiary alicyclic amines) is 1. The van der Waals surface area contributed by atoms with Crippen LogP contribution in [0.2, 0.25) is 0 Å². The van der Waals surface area contributed by atoms with Crippen molar-refractivity contribution in [1.82, 2.24) is 9.88 Å². The zero-order valence-corrected chi connectivity index (χ0v) is 17.0. The summed E-state index contributed by atoms with van der Waals surface area (Å²) in [7, 11) is 0. The van der Waals surface area contributed by atoms with Gasteiger partial charge < -0.3 is 19.9 Å². The molecule has 1 aliphatic rings. The van der Waals surface area contributed by atoms with E-state index in [1.807, 2.05) is 30.3 Å². The summed E-state index contributed by atoms with van der Waals surface area (Å²) in [5.74, 6) is -2.64. The molecule has 1 saturated heterocycles. The lowest BCUT2D eigenvalue weighted by Crippen LogP contribution is -2.31. The van der Waals surface area contributed by atoms with Crippen molar-refractivity contribution in [2.75, 3.05) is 18.4 Å². The molecule has 0 unspecified atom stereocenters. The molecule has 158 valence electrons. The van der Waals surface area contributed by atoms with E-state index >= 15 is 0 Å². The van der Waals surface area contributed by atoms with Crippen LogP contribution in [0.15, 0.2) is 48.7 Å². The Balaban J connectivity index is 0.00000256. The number of amides is 2. The summed E-state index contributed by atoms with van der Waals surface area (Å²) >= 11 is 0. The number of hydrogen-bond acceptors (Lipinski definition) is 3. The van der Waals surface area contributed by atoms with Gasteiger partial charge in [0.25, 0.3) is 0 Å². The molecule has 1 aromatic heterocycles. The smallest absolute Gasteiger partial charge is 0.410 e. The molecule has 2 N–H and O–H groups in total. The number of carbonyl (C=O) groups excluding carboxylic acids is 2. The van der Waals surface area contributed by atoms with Gasteiger partial charge in [-0.3, -0.25) is 4.79 Å². The third-order valence-electron chi connectivity index (χ3n) is 5.00. The van der Waals surface area contributed by atoms with E-state index in [9.17, 15) is 18.4 Å². The molecular weight excluding hydrogens is 412 g/mol. The average Bonchev–Trinajstić information content (AvgIpc) is 3.36. The van der Waals surface area contributed by atoms with Crippen molar-refractivity contribution in [3.05, 3.63) is 65.9 Å². The number of nitrogens with zero attached hydrogens (tertiary/aromatic N) is 1. The highest BCUT2D eigenvalue weighted by molar-refractivity contribution is 7.59. The Morgan fingerprint density at radius 2 is 1.90 bits per heavy atom. The van der Waals surface area contributed by atoms with Crippen LogP contribution in [0, 0.1) is 17.6 Å². The van der Waals surface area contributed by atoms with E-state index in [-0.39, 0.29) is 32.6 Å². The maximum atomic E-state index is 13.5. The number of aromatic amines is 1. The summed E-state index contributed by atoms with van der Waals surface area (Å²) in [6, 6.07) is 11.4. The van der Waals surface area contributed by atoms with Crippen LogP contribution in [0.25, 0.3) is 10.9 Å². The van der Waals surface area contributed by atoms with Crippen molar-refractivity contribution in [2.45, 2.75) is 13.0 Å². The first kappa shape index (κ1) is 21.6. The quantitative estimate of drug-likeness (QED) is 0.649. The van der Waals surface area contributed by atoms with Gasteiger partial charge in [-0.05, 0) is 18.1 Å². The molecule has 1 atom stereocenters. The first-order valence-corrected chi connectivity index (χ1v) is 9.24. The second-order valence-electron chi connectivity index (χ2n) is 6.98. The minimum Gasteiger partial charge on any atom is -0.445 e. The lowest BCUT2D eigenvalue weighted by Gasteiger charge is -2.16. The Bertz CT molecular complexity index is 1060. The molecule has 0 radical (unpaired) electrons. The number of carbonyl (C=O) groups is 2. The van der Waals surface area contributed by atoms with Crippen LogP contribution < -0.4 is 5.32 Å². The van der Waals surface area contributed by atoms with Crippen LogP contribution in [0.5, 0.6) is 0 Å². The van der Waals surface area contributed by atoms with Gasteiger partial charge in [-0.15, -0.1) is 0 Å². The molecule has 1 fully saturated rings. The maximum Gasteiger partial charge on any atom is 0.410 e. The molecule has 0 aliphatic carbocycles. The Morgan fingerprint density at radius 3 is 2.67 bits per heavy atom. The Morgan fingerprint density at radius 1 is 1.17 bits per heavy atom. The van der Waals surface area contributed by atoms with Crippen LogP contribution in [-0.4, -0.2) is 35.0 Å². The van der Waals surface area contributed by atoms with E-state index in [0.29, 0.717) is 29.6 Å². The number of H-pyrrole nitrogens is 1. The second-order valence-corrected chi connectivity index (χ2v) is 6.98. The van der Waals surface area contributed by atoms with E-state index < -0.39 is 23.6 Å². The number of fused-ring (bicyclic) bond motifs is 1. The van der Waals surface area contributed by atoms with Crippen LogP contribution in [0.1, 0.15) is 12.0 Å². The number of anilines is 1. The topological polar surface area (TPSA) is 74.4 Å². The molecular formula is C21H21F2N3O3S. The standard InChI is InChI=1S/C21H19F2N3O3.H2S/c22-16-8-15-18(9-17(16)23)24-10-19(15)25-20(27)14-6-7-26(11-14)21(28)29-12-13-4-2-1-3-5-13;/h1-5,8-10,14,24H,6-7,11-12H2,(H,25,27);1H2/t14-;/m0./s1. The van der Waals surface area contributed by atoms with Gasteiger partial charge >= 0.3 is 6.09 Å². The van der Waals surface area contributed by atoms with Crippen molar-refractivity contribution in [3.63, 3.8) is 0 Å². The minimum absolute atomic E-state index is 0. The lowest BCUT2D eigenvalue weighted by atomic mass is 10.1. The predicted molar refractivity (Wildman–Crippen MR) is 114 cm³/mol. The zero-order chi connectivity index (χ0) is 20.4. The van der Waals surface area contributed by atoms with E-state index in [0.717, 1.165) is 17.7 Å². The summed E-state index contributed by atoms with van der Waals surface area (Å²) < 4.78 is 32.1. The van der Waals surface area contributed by atoms with Crippen molar-refractivity contribution >= 4 is 42.1 Å². The first-order chi connectivity index (χ1) is 14.0. The zero-order valence-electron chi connectivity index (χ0n) is 16.0. The molecule has 4 rings (SSSR count).